The lowest BCUT2D eigenvalue weighted by Gasteiger charge is -2.11. The molecule has 0 amide bonds. The summed E-state index contributed by atoms with van der Waals surface area (Å²) in [5.74, 6) is 0.711. The van der Waals surface area contributed by atoms with Crippen molar-refractivity contribution < 1.29 is 4.42 Å². The molecule has 0 aliphatic carbocycles. The largest absolute Gasteiger partial charge is 0.455 e. The van der Waals surface area contributed by atoms with Crippen LogP contribution in [0, 0.1) is 0 Å². The highest BCUT2D eigenvalue weighted by Crippen LogP contribution is 2.44. The molecule has 0 saturated carbocycles. The smallest absolute Gasteiger partial charge is 0.160 e. The summed E-state index contributed by atoms with van der Waals surface area (Å²) in [6.07, 6.45) is 0. The van der Waals surface area contributed by atoms with E-state index in [1.807, 2.05) is 36.4 Å². The van der Waals surface area contributed by atoms with Crippen molar-refractivity contribution in [1.82, 2.24) is 9.97 Å². The van der Waals surface area contributed by atoms with Crippen LogP contribution in [0.25, 0.3) is 111 Å². The topological polar surface area (TPSA) is 38.9 Å². The molecule has 0 fully saturated rings. The van der Waals surface area contributed by atoms with Crippen molar-refractivity contribution in [1.29, 1.82) is 0 Å². The van der Waals surface area contributed by atoms with Crippen LogP contribution in [0.4, 0.5) is 0 Å². The first-order valence-corrected chi connectivity index (χ1v) is 19.3. The maximum absolute atomic E-state index is 6.89. The van der Waals surface area contributed by atoms with E-state index in [1.165, 1.54) is 21.9 Å². The number of nitrogens with zero attached hydrogens (tertiary/aromatic N) is 2. The number of para-hydroxylation sites is 1. The number of furan rings is 1. The van der Waals surface area contributed by atoms with Gasteiger partial charge in [-0.15, -0.1) is 0 Å². The van der Waals surface area contributed by atoms with Gasteiger partial charge in [0.05, 0.1) is 11.4 Å². The maximum atomic E-state index is 6.89. The summed E-state index contributed by atoms with van der Waals surface area (Å²) in [5, 5.41) is 6.93. The summed E-state index contributed by atoms with van der Waals surface area (Å²) in [7, 11) is 0. The first-order chi connectivity index (χ1) is 28.2. The monoisotopic (exact) mass is 726 g/mol. The highest BCUT2D eigenvalue weighted by molar-refractivity contribution is 6.21. The van der Waals surface area contributed by atoms with E-state index in [0.717, 1.165) is 83.0 Å². The zero-order valence-corrected chi connectivity index (χ0v) is 30.9. The zero-order chi connectivity index (χ0) is 37.7. The number of aromatic nitrogens is 2. The Kier molecular flexibility index (Phi) is 7.82. The molecule has 0 spiro atoms. The first-order valence-electron chi connectivity index (χ1n) is 19.3. The number of rotatable bonds is 6. The third-order valence-corrected chi connectivity index (χ3v) is 11.1. The Labute approximate surface area is 330 Å². The molecule has 11 aromatic rings. The predicted octanol–water partition coefficient (Wildman–Crippen LogP) is 14.7. The molecule has 0 N–H and O–H groups in total. The second-order valence-electron chi connectivity index (χ2n) is 14.5. The summed E-state index contributed by atoms with van der Waals surface area (Å²) in [4.78, 5) is 10.0. The third kappa shape index (κ3) is 5.76. The Morgan fingerprint density at radius 1 is 0.281 bits per heavy atom. The molecule has 0 atom stereocenters. The molecule has 3 nitrogen and oxygen atoms in total. The Morgan fingerprint density at radius 3 is 1.60 bits per heavy atom. The summed E-state index contributed by atoms with van der Waals surface area (Å²) >= 11 is 0. The fourth-order valence-electron chi connectivity index (χ4n) is 8.30. The van der Waals surface area contributed by atoms with E-state index < -0.39 is 0 Å². The number of benzene rings is 9. The SMILES string of the molecule is c1ccc(-c2cc(-c3ccc(-c4cccc(-c5cc6c7cccc(-c8cccc9ccccc89)c7oc6c6ccccc56)c4)cc3)nc(-c3ccccc3)n2)cc1. The van der Waals surface area contributed by atoms with Gasteiger partial charge in [-0.1, -0.05) is 188 Å². The van der Waals surface area contributed by atoms with E-state index in [9.17, 15) is 0 Å². The molecule has 0 saturated heterocycles. The second kappa shape index (κ2) is 13.6. The van der Waals surface area contributed by atoms with Crippen LogP contribution in [0.1, 0.15) is 0 Å². The lowest BCUT2D eigenvalue weighted by Crippen LogP contribution is -1.95. The minimum atomic E-state index is 0.711. The van der Waals surface area contributed by atoms with Gasteiger partial charge in [-0.2, -0.15) is 0 Å². The minimum absolute atomic E-state index is 0.711. The van der Waals surface area contributed by atoms with E-state index in [1.54, 1.807) is 0 Å². The summed E-state index contributed by atoms with van der Waals surface area (Å²) < 4.78 is 6.89. The molecule has 2 aromatic heterocycles. The van der Waals surface area contributed by atoms with Crippen molar-refractivity contribution in [3.8, 4) is 67.3 Å². The molecule has 0 aliphatic heterocycles. The van der Waals surface area contributed by atoms with E-state index in [2.05, 4.69) is 170 Å². The summed E-state index contributed by atoms with van der Waals surface area (Å²) in [5.41, 5.74) is 13.6. The molecule has 0 unspecified atom stereocenters. The van der Waals surface area contributed by atoms with Crippen LogP contribution in [-0.2, 0) is 0 Å². The predicted molar refractivity (Wildman–Crippen MR) is 237 cm³/mol. The molecule has 266 valence electrons. The van der Waals surface area contributed by atoms with Crippen molar-refractivity contribution in [3.05, 3.63) is 206 Å². The molecule has 57 heavy (non-hydrogen) atoms. The van der Waals surface area contributed by atoms with Crippen LogP contribution < -0.4 is 0 Å². The van der Waals surface area contributed by atoms with Gasteiger partial charge >= 0.3 is 0 Å². The van der Waals surface area contributed by atoms with Crippen molar-refractivity contribution >= 4 is 43.5 Å². The first kappa shape index (κ1) is 32.8. The highest BCUT2D eigenvalue weighted by Gasteiger charge is 2.19. The van der Waals surface area contributed by atoms with E-state index in [-0.39, 0.29) is 0 Å². The fourth-order valence-corrected chi connectivity index (χ4v) is 8.30. The molecule has 3 heteroatoms. The minimum Gasteiger partial charge on any atom is -0.455 e. The average Bonchev–Trinajstić information content (AvgIpc) is 3.68. The molecular weight excluding hydrogens is 693 g/mol. The Balaban J connectivity index is 1.00. The summed E-state index contributed by atoms with van der Waals surface area (Å²) in [6, 6.07) is 72.7. The van der Waals surface area contributed by atoms with Gasteiger partial charge in [-0.3, -0.25) is 0 Å². The lowest BCUT2D eigenvalue weighted by molar-refractivity contribution is 0.674. The van der Waals surface area contributed by atoms with E-state index >= 15 is 0 Å². The van der Waals surface area contributed by atoms with Crippen molar-refractivity contribution in [2.45, 2.75) is 0 Å². The van der Waals surface area contributed by atoms with Gasteiger partial charge < -0.3 is 4.42 Å². The van der Waals surface area contributed by atoms with Gasteiger partial charge in [-0.05, 0) is 62.2 Å². The molecule has 9 aromatic carbocycles. The van der Waals surface area contributed by atoms with Crippen molar-refractivity contribution in [3.63, 3.8) is 0 Å². The number of fused-ring (bicyclic) bond motifs is 6. The van der Waals surface area contributed by atoms with Gasteiger partial charge in [0, 0.05) is 38.4 Å². The van der Waals surface area contributed by atoms with Crippen LogP contribution in [0.2, 0.25) is 0 Å². The van der Waals surface area contributed by atoms with Crippen LogP contribution >= 0.6 is 0 Å². The zero-order valence-electron chi connectivity index (χ0n) is 30.9. The number of hydrogen-bond donors (Lipinski definition) is 0. The maximum Gasteiger partial charge on any atom is 0.160 e. The standard InChI is InChI=1S/C54H34N2O/c1-3-15-37(16-4-1)50-34-51(56-54(55-50)39-17-5-2-6-18-39)38-30-28-35(29-31-38)40-20-11-21-41(32-40)48-33-49-47-27-13-26-46(43-25-12-19-36-14-7-8-22-42(36)43)52(47)57-53(49)45-24-10-9-23-44(45)48/h1-34H. The Morgan fingerprint density at radius 2 is 0.807 bits per heavy atom. The number of hydrogen-bond acceptors (Lipinski definition) is 3. The van der Waals surface area contributed by atoms with E-state index in [4.69, 9.17) is 14.4 Å². The summed E-state index contributed by atoms with van der Waals surface area (Å²) in [6.45, 7) is 0. The normalized spacial score (nSPS) is 11.5. The molecular formula is C54H34N2O. The van der Waals surface area contributed by atoms with Gasteiger partial charge in [0.1, 0.15) is 11.2 Å². The fraction of sp³-hybridized carbons (Fsp3) is 0. The second-order valence-corrected chi connectivity index (χ2v) is 14.5. The molecule has 0 radical (unpaired) electrons. The van der Waals surface area contributed by atoms with Crippen LogP contribution in [-0.4, -0.2) is 9.97 Å². The van der Waals surface area contributed by atoms with Crippen LogP contribution in [0.15, 0.2) is 211 Å². The van der Waals surface area contributed by atoms with Crippen molar-refractivity contribution in [2.75, 3.05) is 0 Å². The van der Waals surface area contributed by atoms with Crippen molar-refractivity contribution in [2.24, 2.45) is 0 Å². The molecule has 2 heterocycles. The third-order valence-electron chi connectivity index (χ3n) is 11.1. The van der Waals surface area contributed by atoms with Gasteiger partial charge in [0.15, 0.2) is 5.82 Å². The Bertz CT molecular complexity index is 3210. The lowest BCUT2D eigenvalue weighted by atomic mass is 9.92. The Hall–Kier alpha value is -7.62. The van der Waals surface area contributed by atoms with Crippen LogP contribution in [0.5, 0.6) is 0 Å². The van der Waals surface area contributed by atoms with Gasteiger partial charge in [0.25, 0.3) is 0 Å². The van der Waals surface area contributed by atoms with Crippen LogP contribution in [0.3, 0.4) is 0 Å². The molecule has 11 rings (SSSR count). The van der Waals surface area contributed by atoms with Gasteiger partial charge in [-0.25, -0.2) is 9.97 Å². The van der Waals surface area contributed by atoms with Gasteiger partial charge in [0.2, 0.25) is 0 Å². The molecule has 0 bridgehead atoms. The highest BCUT2D eigenvalue weighted by atomic mass is 16.3. The quantitative estimate of drug-likeness (QED) is 0.171. The average molecular weight is 727 g/mol. The molecule has 0 aliphatic rings. The van der Waals surface area contributed by atoms with E-state index in [0.29, 0.717) is 5.82 Å².